The molecular weight excluding hydrogens is 218 g/mol. The molecule has 2 rings (SSSR count). The van der Waals surface area contributed by atoms with Gasteiger partial charge in [0.2, 0.25) is 0 Å². The van der Waals surface area contributed by atoms with E-state index < -0.39 is 5.60 Å². The summed E-state index contributed by atoms with van der Waals surface area (Å²) in [6.45, 7) is 2.71. The minimum atomic E-state index is -1.10. The molecule has 0 aromatic carbocycles. The van der Waals surface area contributed by atoms with Crippen LogP contribution in [0.2, 0.25) is 0 Å². The van der Waals surface area contributed by atoms with E-state index in [1.807, 2.05) is 6.92 Å². The van der Waals surface area contributed by atoms with Crippen LogP contribution in [0.5, 0.6) is 0 Å². The second kappa shape index (κ2) is 5.36. The zero-order chi connectivity index (χ0) is 12.3. The lowest BCUT2D eigenvalue weighted by molar-refractivity contribution is -0.145. The number of hydrogen-bond donors (Lipinski definition) is 2. The first kappa shape index (κ1) is 12.8. The predicted molar refractivity (Wildman–Crippen MR) is 64.6 cm³/mol. The fraction of sp³-hybridized carbons (Fsp3) is 0.923. The van der Waals surface area contributed by atoms with E-state index in [1.54, 1.807) is 0 Å². The van der Waals surface area contributed by atoms with Crippen molar-refractivity contribution in [2.75, 3.05) is 6.61 Å². The SMILES string of the molecule is CCOC1CC(NC(=O)C2(O)CCCCC2)C1. The van der Waals surface area contributed by atoms with Crippen LogP contribution in [-0.4, -0.2) is 35.4 Å². The molecule has 2 aliphatic rings. The molecule has 4 nitrogen and oxygen atoms in total. The third kappa shape index (κ3) is 2.99. The molecule has 0 aromatic heterocycles. The first-order valence-corrected chi connectivity index (χ1v) is 6.79. The van der Waals surface area contributed by atoms with Gasteiger partial charge in [0.05, 0.1) is 6.10 Å². The molecule has 0 atom stereocenters. The zero-order valence-corrected chi connectivity index (χ0v) is 10.6. The van der Waals surface area contributed by atoms with E-state index in [-0.39, 0.29) is 11.9 Å². The Bertz CT molecular complexity index is 268. The van der Waals surface area contributed by atoms with Gasteiger partial charge in [-0.25, -0.2) is 0 Å². The maximum atomic E-state index is 12.0. The molecule has 2 N–H and O–H groups in total. The Kier molecular flexibility index (Phi) is 4.05. The summed E-state index contributed by atoms with van der Waals surface area (Å²) in [6, 6.07) is 0.199. The number of carbonyl (C=O) groups excluding carboxylic acids is 1. The van der Waals surface area contributed by atoms with E-state index in [1.165, 1.54) is 0 Å². The molecule has 1 amide bonds. The standard InChI is InChI=1S/C13H23NO3/c1-2-17-11-8-10(9-11)14-12(15)13(16)6-4-3-5-7-13/h10-11,16H,2-9H2,1H3,(H,14,15). The molecule has 17 heavy (non-hydrogen) atoms. The van der Waals surface area contributed by atoms with Crippen LogP contribution in [0.3, 0.4) is 0 Å². The van der Waals surface area contributed by atoms with Crippen LogP contribution < -0.4 is 5.32 Å². The quantitative estimate of drug-likeness (QED) is 0.781. The minimum Gasteiger partial charge on any atom is -0.380 e. The van der Waals surface area contributed by atoms with Crippen molar-refractivity contribution >= 4 is 5.91 Å². The van der Waals surface area contributed by atoms with Crippen molar-refractivity contribution in [1.29, 1.82) is 0 Å². The predicted octanol–water partition coefficient (Wildman–Crippen LogP) is 1.37. The van der Waals surface area contributed by atoms with Gasteiger partial charge in [-0.3, -0.25) is 4.79 Å². The van der Waals surface area contributed by atoms with Crippen LogP contribution >= 0.6 is 0 Å². The maximum absolute atomic E-state index is 12.0. The zero-order valence-electron chi connectivity index (χ0n) is 10.6. The molecule has 0 radical (unpaired) electrons. The van der Waals surface area contributed by atoms with Crippen molar-refractivity contribution < 1.29 is 14.6 Å². The third-order valence-electron chi connectivity index (χ3n) is 3.94. The number of rotatable bonds is 4. The highest BCUT2D eigenvalue weighted by Crippen LogP contribution is 2.30. The van der Waals surface area contributed by atoms with Gasteiger partial charge in [-0.05, 0) is 32.6 Å². The largest absolute Gasteiger partial charge is 0.380 e. The van der Waals surface area contributed by atoms with E-state index in [9.17, 15) is 9.90 Å². The summed E-state index contributed by atoms with van der Waals surface area (Å²) >= 11 is 0. The van der Waals surface area contributed by atoms with Crippen molar-refractivity contribution in [3.63, 3.8) is 0 Å². The van der Waals surface area contributed by atoms with Gasteiger partial charge < -0.3 is 15.2 Å². The molecule has 4 heteroatoms. The van der Waals surface area contributed by atoms with E-state index >= 15 is 0 Å². The number of amides is 1. The van der Waals surface area contributed by atoms with Crippen molar-refractivity contribution in [3.05, 3.63) is 0 Å². The van der Waals surface area contributed by atoms with Gasteiger partial charge in [-0.2, -0.15) is 0 Å². The number of carbonyl (C=O) groups is 1. The Hall–Kier alpha value is -0.610. The highest BCUT2D eigenvalue weighted by Gasteiger charge is 2.40. The smallest absolute Gasteiger partial charge is 0.252 e. The van der Waals surface area contributed by atoms with E-state index in [4.69, 9.17) is 4.74 Å². The molecular formula is C13H23NO3. The van der Waals surface area contributed by atoms with Crippen molar-refractivity contribution in [2.45, 2.75) is 69.6 Å². The van der Waals surface area contributed by atoms with E-state index in [2.05, 4.69) is 5.32 Å². The average molecular weight is 241 g/mol. The summed E-state index contributed by atoms with van der Waals surface area (Å²) in [5.41, 5.74) is -1.10. The summed E-state index contributed by atoms with van der Waals surface area (Å²) in [5.74, 6) is -0.169. The molecule has 98 valence electrons. The van der Waals surface area contributed by atoms with Gasteiger partial charge in [0.15, 0.2) is 0 Å². The highest BCUT2D eigenvalue weighted by atomic mass is 16.5. The van der Waals surface area contributed by atoms with E-state index in [0.717, 1.165) is 38.7 Å². The summed E-state index contributed by atoms with van der Waals surface area (Å²) < 4.78 is 5.45. The van der Waals surface area contributed by atoms with Gasteiger partial charge in [-0.15, -0.1) is 0 Å². The van der Waals surface area contributed by atoms with Crippen molar-refractivity contribution in [1.82, 2.24) is 5.32 Å². The number of nitrogens with one attached hydrogen (secondary N) is 1. The minimum absolute atomic E-state index is 0.169. The summed E-state index contributed by atoms with van der Waals surface area (Å²) in [4.78, 5) is 12.0. The number of ether oxygens (including phenoxy) is 1. The van der Waals surface area contributed by atoms with Crippen molar-refractivity contribution in [3.8, 4) is 0 Å². The van der Waals surface area contributed by atoms with Crippen LogP contribution in [0.4, 0.5) is 0 Å². The molecule has 0 heterocycles. The summed E-state index contributed by atoms with van der Waals surface area (Å²) in [7, 11) is 0. The third-order valence-corrected chi connectivity index (χ3v) is 3.94. The topological polar surface area (TPSA) is 58.6 Å². The average Bonchev–Trinajstić information content (AvgIpc) is 2.27. The second-order valence-electron chi connectivity index (χ2n) is 5.31. The van der Waals surface area contributed by atoms with Crippen LogP contribution in [0, 0.1) is 0 Å². The fourth-order valence-electron chi connectivity index (χ4n) is 2.74. The van der Waals surface area contributed by atoms with Crippen LogP contribution in [0.1, 0.15) is 51.9 Å². The molecule has 0 bridgehead atoms. The van der Waals surface area contributed by atoms with Crippen LogP contribution in [0.15, 0.2) is 0 Å². The molecule has 2 aliphatic carbocycles. The first-order valence-electron chi connectivity index (χ1n) is 6.79. The molecule has 0 unspecified atom stereocenters. The van der Waals surface area contributed by atoms with Gasteiger partial charge in [0.25, 0.3) is 5.91 Å². The Morgan fingerprint density at radius 2 is 2.00 bits per heavy atom. The van der Waals surface area contributed by atoms with Crippen LogP contribution in [0.25, 0.3) is 0 Å². The lowest BCUT2D eigenvalue weighted by Crippen LogP contribution is -2.55. The highest BCUT2D eigenvalue weighted by molar-refractivity contribution is 5.85. The lowest BCUT2D eigenvalue weighted by Gasteiger charge is -2.38. The Balaban J connectivity index is 1.74. The van der Waals surface area contributed by atoms with Gasteiger partial charge in [0.1, 0.15) is 5.60 Å². The normalized spacial score (nSPS) is 31.6. The number of aliphatic hydroxyl groups is 1. The summed E-state index contributed by atoms with van der Waals surface area (Å²) in [6.07, 6.45) is 6.33. The van der Waals surface area contributed by atoms with E-state index in [0.29, 0.717) is 18.9 Å². The summed E-state index contributed by atoms with van der Waals surface area (Å²) in [5, 5.41) is 13.2. The maximum Gasteiger partial charge on any atom is 0.252 e. The monoisotopic (exact) mass is 241 g/mol. The molecule has 2 fully saturated rings. The van der Waals surface area contributed by atoms with Crippen molar-refractivity contribution in [2.24, 2.45) is 0 Å². The number of hydrogen-bond acceptors (Lipinski definition) is 3. The Morgan fingerprint density at radius 3 is 2.59 bits per heavy atom. The first-order chi connectivity index (χ1) is 8.14. The molecule has 0 saturated heterocycles. The molecule has 0 aromatic rings. The molecule has 0 aliphatic heterocycles. The van der Waals surface area contributed by atoms with Crippen LogP contribution in [-0.2, 0) is 9.53 Å². The lowest BCUT2D eigenvalue weighted by atomic mass is 9.82. The molecule has 2 saturated carbocycles. The Morgan fingerprint density at radius 1 is 1.35 bits per heavy atom. The van der Waals surface area contributed by atoms with Gasteiger partial charge in [0, 0.05) is 12.6 Å². The van der Waals surface area contributed by atoms with Gasteiger partial charge >= 0.3 is 0 Å². The molecule has 0 spiro atoms. The fourth-order valence-corrected chi connectivity index (χ4v) is 2.74. The Labute approximate surface area is 103 Å². The van der Waals surface area contributed by atoms with Gasteiger partial charge in [-0.1, -0.05) is 19.3 Å². The second-order valence-corrected chi connectivity index (χ2v) is 5.31.